The van der Waals surface area contributed by atoms with Crippen LogP contribution in [0.25, 0.3) is 11.3 Å². The molecule has 0 unspecified atom stereocenters. The number of aryl methyl sites for hydroxylation is 1. The van der Waals surface area contributed by atoms with Gasteiger partial charge < -0.3 is 17.0 Å². The average Bonchev–Trinajstić information content (AvgIpc) is 2.75. The van der Waals surface area contributed by atoms with Crippen LogP contribution in [0.3, 0.4) is 0 Å². The van der Waals surface area contributed by atoms with Crippen LogP contribution in [-0.2, 0) is 0 Å². The van der Waals surface area contributed by atoms with Gasteiger partial charge in [0.15, 0.2) is 5.21 Å². The fourth-order valence-corrected chi connectivity index (χ4v) is 1.91. The Morgan fingerprint density at radius 3 is 2.56 bits per heavy atom. The van der Waals surface area contributed by atoms with E-state index in [4.69, 9.17) is 11.6 Å². The minimum atomic E-state index is 0. The number of halogens is 2. The summed E-state index contributed by atoms with van der Waals surface area (Å²) in [6, 6.07) is 13.4. The Labute approximate surface area is 120 Å². The Morgan fingerprint density at radius 1 is 1.11 bits per heavy atom. The summed E-state index contributed by atoms with van der Waals surface area (Å²) in [5.41, 5.74) is 2.82. The van der Waals surface area contributed by atoms with Crippen LogP contribution in [0, 0.1) is 6.92 Å². The molecule has 0 fully saturated rings. The summed E-state index contributed by atoms with van der Waals surface area (Å²) >= 11 is 5.87. The molecule has 0 aliphatic carbocycles. The molecule has 4 nitrogen and oxygen atoms in total. The molecule has 0 atom stereocenters. The summed E-state index contributed by atoms with van der Waals surface area (Å²) in [5, 5.41) is 8.97. The number of benzene rings is 1. The van der Waals surface area contributed by atoms with Crippen molar-refractivity contribution in [2.75, 3.05) is 0 Å². The van der Waals surface area contributed by atoms with Gasteiger partial charge in [0.1, 0.15) is 16.5 Å². The Hall–Kier alpha value is -1.46. The largest absolute Gasteiger partial charge is 1.00 e. The van der Waals surface area contributed by atoms with Gasteiger partial charge in [-0.05, 0) is 42.1 Å². The van der Waals surface area contributed by atoms with Crippen molar-refractivity contribution in [1.29, 1.82) is 0 Å². The summed E-state index contributed by atoms with van der Waals surface area (Å²) < 4.78 is 1.95. The summed E-state index contributed by atoms with van der Waals surface area (Å²) in [4.78, 5) is 1.75. The highest BCUT2D eigenvalue weighted by Gasteiger charge is 2.15. The van der Waals surface area contributed by atoms with Gasteiger partial charge >= 0.3 is 5.65 Å². The van der Waals surface area contributed by atoms with Crippen molar-refractivity contribution in [3.63, 3.8) is 0 Å². The van der Waals surface area contributed by atoms with Gasteiger partial charge in [0, 0.05) is 11.1 Å². The summed E-state index contributed by atoms with van der Waals surface area (Å²) in [6.45, 7) is 2.02. The van der Waals surface area contributed by atoms with Crippen molar-refractivity contribution in [2.45, 2.75) is 6.92 Å². The van der Waals surface area contributed by atoms with Crippen molar-refractivity contribution in [3.05, 3.63) is 53.2 Å². The topological polar surface area (TPSA) is 34.8 Å². The van der Waals surface area contributed by atoms with Crippen LogP contribution < -0.4 is 21.5 Å². The van der Waals surface area contributed by atoms with Crippen LogP contribution in [-0.4, -0.2) is 15.1 Å². The number of nitrogens with zero attached hydrogens (tertiary/aromatic N) is 4. The number of rotatable bonds is 1. The molecule has 6 heteroatoms. The maximum Gasteiger partial charge on any atom is 0.330 e. The number of aromatic nitrogens is 4. The fraction of sp³-hybridized carbons (Fsp3) is 0.0833. The highest BCUT2D eigenvalue weighted by atomic mass is 79.9. The Kier molecular flexibility index (Phi) is 3.63. The summed E-state index contributed by atoms with van der Waals surface area (Å²) in [5.74, 6) is 0. The van der Waals surface area contributed by atoms with E-state index < -0.39 is 0 Å². The van der Waals surface area contributed by atoms with E-state index in [1.165, 1.54) is 0 Å². The first-order chi connectivity index (χ1) is 8.25. The zero-order chi connectivity index (χ0) is 11.8. The van der Waals surface area contributed by atoms with Crippen molar-refractivity contribution in [3.8, 4) is 5.69 Å². The minimum absolute atomic E-state index is 0. The molecule has 0 aliphatic heterocycles. The van der Waals surface area contributed by atoms with Crippen LogP contribution in [0.4, 0.5) is 0 Å². The molecule has 0 spiro atoms. The van der Waals surface area contributed by atoms with E-state index in [0.29, 0.717) is 5.02 Å². The first kappa shape index (κ1) is 13.0. The molecular weight excluding hydrogens is 316 g/mol. The quantitative estimate of drug-likeness (QED) is 0.537. The molecule has 0 saturated carbocycles. The summed E-state index contributed by atoms with van der Waals surface area (Å²) in [7, 11) is 0. The van der Waals surface area contributed by atoms with Crippen LogP contribution in [0.2, 0.25) is 5.02 Å². The van der Waals surface area contributed by atoms with E-state index in [0.717, 1.165) is 17.0 Å². The maximum absolute atomic E-state index is 5.87. The second kappa shape index (κ2) is 5.04. The van der Waals surface area contributed by atoms with Gasteiger partial charge in [0.2, 0.25) is 0 Å². The van der Waals surface area contributed by atoms with Gasteiger partial charge in [-0.3, -0.25) is 0 Å². The van der Waals surface area contributed by atoms with E-state index in [9.17, 15) is 0 Å². The predicted molar refractivity (Wildman–Crippen MR) is 64.3 cm³/mol. The molecule has 3 aromatic rings. The molecule has 0 amide bonds. The van der Waals surface area contributed by atoms with Crippen LogP contribution in [0.15, 0.2) is 42.5 Å². The van der Waals surface area contributed by atoms with Gasteiger partial charge in [-0.25, -0.2) is 0 Å². The number of hydrogen-bond donors (Lipinski definition) is 0. The SMILES string of the molecule is Cc1cccc2nnn(-c3ccc(Cl)cc3)[n+]12.[Br-]. The Balaban J connectivity index is 0.00000120. The van der Waals surface area contributed by atoms with Gasteiger partial charge in [0.05, 0.1) is 0 Å². The van der Waals surface area contributed by atoms with Crippen molar-refractivity contribution in [2.24, 2.45) is 0 Å². The highest BCUT2D eigenvalue weighted by molar-refractivity contribution is 6.30. The minimum Gasteiger partial charge on any atom is -1.00 e. The zero-order valence-electron chi connectivity index (χ0n) is 9.59. The van der Waals surface area contributed by atoms with Gasteiger partial charge in [-0.15, -0.1) is 4.52 Å². The molecule has 0 N–H and O–H groups in total. The third-order valence-corrected chi connectivity index (χ3v) is 2.86. The maximum atomic E-state index is 5.87. The number of fused-ring (bicyclic) bond motifs is 1. The lowest BCUT2D eigenvalue weighted by Gasteiger charge is -1.99. The van der Waals surface area contributed by atoms with Crippen LogP contribution in [0.1, 0.15) is 5.69 Å². The van der Waals surface area contributed by atoms with Crippen molar-refractivity contribution in [1.82, 2.24) is 15.1 Å². The monoisotopic (exact) mass is 324 g/mol. The Morgan fingerprint density at radius 2 is 1.83 bits per heavy atom. The highest BCUT2D eigenvalue weighted by Crippen LogP contribution is 2.11. The molecule has 92 valence electrons. The smallest absolute Gasteiger partial charge is 0.330 e. The molecule has 18 heavy (non-hydrogen) atoms. The van der Waals surface area contributed by atoms with E-state index in [1.54, 1.807) is 4.80 Å². The Bertz CT molecular complexity index is 678. The normalized spacial score (nSPS) is 10.3. The third kappa shape index (κ3) is 2.11. The van der Waals surface area contributed by atoms with Gasteiger partial charge in [-0.1, -0.05) is 17.7 Å². The van der Waals surface area contributed by atoms with Gasteiger partial charge in [-0.2, -0.15) is 0 Å². The summed E-state index contributed by atoms with van der Waals surface area (Å²) in [6.07, 6.45) is 0. The molecule has 0 radical (unpaired) electrons. The van der Waals surface area contributed by atoms with Crippen LogP contribution in [0.5, 0.6) is 0 Å². The first-order valence-corrected chi connectivity index (χ1v) is 5.63. The fourth-order valence-electron chi connectivity index (χ4n) is 1.79. The molecule has 2 aromatic heterocycles. The molecule has 0 bridgehead atoms. The number of pyridine rings is 1. The lowest BCUT2D eigenvalue weighted by atomic mass is 10.3. The van der Waals surface area contributed by atoms with E-state index in [-0.39, 0.29) is 17.0 Å². The predicted octanol–water partition coefficient (Wildman–Crippen LogP) is -1.03. The molecule has 2 heterocycles. The standard InChI is InChI=1S/C12H10ClN4.BrH/c1-9-3-2-4-12-14-15-17(16(9)12)11-7-5-10(13)6-8-11;/h2-8H,1H3;1H/q+1;/p-1. The van der Waals surface area contributed by atoms with Crippen molar-refractivity contribution >= 4 is 17.2 Å². The van der Waals surface area contributed by atoms with Crippen LogP contribution >= 0.6 is 11.6 Å². The van der Waals surface area contributed by atoms with Crippen molar-refractivity contribution < 1.29 is 21.5 Å². The first-order valence-electron chi connectivity index (χ1n) is 5.25. The zero-order valence-corrected chi connectivity index (χ0v) is 11.9. The third-order valence-electron chi connectivity index (χ3n) is 2.61. The van der Waals surface area contributed by atoms with E-state index >= 15 is 0 Å². The molecule has 1 aromatic carbocycles. The number of hydrogen-bond acceptors (Lipinski definition) is 2. The second-order valence-electron chi connectivity index (χ2n) is 3.79. The lowest BCUT2D eigenvalue weighted by molar-refractivity contribution is -0.610. The molecule has 0 aliphatic rings. The molecule has 0 saturated heterocycles. The molecular formula is C12H10BrClN4. The van der Waals surface area contributed by atoms with E-state index in [1.807, 2.05) is 53.9 Å². The van der Waals surface area contributed by atoms with Gasteiger partial charge in [0.25, 0.3) is 0 Å². The van der Waals surface area contributed by atoms with E-state index in [2.05, 4.69) is 10.3 Å². The second-order valence-corrected chi connectivity index (χ2v) is 4.23. The average molecular weight is 326 g/mol. The molecule has 3 rings (SSSR count). The lowest BCUT2D eigenvalue weighted by Crippen LogP contribution is -3.00. The number of tetrazole rings is 1.